The quantitative estimate of drug-likeness (QED) is 0.210. The topological polar surface area (TPSA) is 54.5 Å². The number of carbonyl (C=O) groups is 3. The van der Waals surface area contributed by atoms with Gasteiger partial charge in [-0.15, -0.1) is 0 Å². The number of benzene rings is 2. The van der Waals surface area contributed by atoms with Crippen LogP contribution in [0.1, 0.15) is 40.2 Å². The molecule has 2 aromatic carbocycles. The molecular weight excluding hydrogens is 510 g/mol. The van der Waals surface area contributed by atoms with Crippen molar-refractivity contribution in [3.05, 3.63) is 76.1 Å². The fourth-order valence-electron chi connectivity index (χ4n) is 7.09. The zero-order valence-electron chi connectivity index (χ0n) is 19.2. The predicted molar refractivity (Wildman–Crippen MR) is 125 cm³/mol. The maximum absolute atomic E-state index is 15.3. The molecule has 2 unspecified atom stereocenters. The second-order valence-corrected chi connectivity index (χ2v) is 11.3. The van der Waals surface area contributed by atoms with Gasteiger partial charge >= 0.3 is 6.18 Å². The van der Waals surface area contributed by atoms with Crippen molar-refractivity contribution < 1.29 is 31.9 Å². The van der Waals surface area contributed by atoms with Crippen LogP contribution in [0.5, 0.6) is 0 Å². The Morgan fingerprint density at radius 3 is 2.16 bits per heavy atom. The van der Waals surface area contributed by atoms with Gasteiger partial charge in [-0.3, -0.25) is 14.4 Å². The Balaban J connectivity index is 1.11. The molecule has 2 aromatic rings. The van der Waals surface area contributed by atoms with Gasteiger partial charge in [0.25, 0.3) is 0 Å². The van der Waals surface area contributed by atoms with Crippen molar-refractivity contribution >= 4 is 34.9 Å². The van der Waals surface area contributed by atoms with Gasteiger partial charge < -0.3 is 0 Å². The monoisotopic (exact) mass is 529 g/mol. The van der Waals surface area contributed by atoms with Gasteiger partial charge in [0.2, 0.25) is 11.8 Å². The van der Waals surface area contributed by atoms with E-state index < -0.39 is 46.1 Å². The molecule has 9 heteroatoms. The van der Waals surface area contributed by atoms with Crippen molar-refractivity contribution in [3.8, 4) is 0 Å². The molecule has 3 saturated carbocycles. The third kappa shape index (κ3) is 3.30. The number of rotatable bonds is 4. The molecule has 1 aliphatic heterocycles. The summed E-state index contributed by atoms with van der Waals surface area (Å²) in [4.78, 5) is 40.4. The van der Waals surface area contributed by atoms with E-state index >= 15 is 4.39 Å². The van der Waals surface area contributed by atoms with E-state index in [0.29, 0.717) is 23.8 Å². The Morgan fingerprint density at radius 1 is 0.919 bits per heavy atom. The van der Waals surface area contributed by atoms with Crippen LogP contribution in [0.15, 0.2) is 48.6 Å². The van der Waals surface area contributed by atoms with E-state index in [1.807, 2.05) is 0 Å². The second kappa shape index (κ2) is 7.53. The average molecular weight is 530 g/mol. The van der Waals surface area contributed by atoms with Crippen molar-refractivity contribution in [2.75, 3.05) is 4.90 Å². The lowest BCUT2D eigenvalue weighted by molar-refractivity contribution is -0.137. The van der Waals surface area contributed by atoms with Gasteiger partial charge in [-0.1, -0.05) is 29.8 Å². The average Bonchev–Trinajstić information content (AvgIpc) is 3.77. The van der Waals surface area contributed by atoms with Gasteiger partial charge in [-0.25, -0.2) is 9.29 Å². The first-order valence-corrected chi connectivity index (χ1v) is 12.7. The maximum atomic E-state index is 15.3. The zero-order valence-corrected chi connectivity index (χ0v) is 20.0. The summed E-state index contributed by atoms with van der Waals surface area (Å²) in [5.41, 5.74) is -0.756. The molecule has 37 heavy (non-hydrogen) atoms. The molecule has 0 aromatic heterocycles. The Bertz CT molecular complexity index is 1400. The summed E-state index contributed by atoms with van der Waals surface area (Å²) in [5.74, 6) is -2.76. The molecule has 0 spiro atoms. The minimum absolute atomic E-state index is 0.0350. The molecule has 0 radical (unpaired) electrons. The number of hydrogen-bond donors (Lipinski definition) is 0. The van der Waals surface area contributed by atoms with E-state index in [-0.39, 0.29) is 40.8 Å². The van der Waals surface area contributed by atoms with Crippen LogP contribution in [-0.2, 0) is 15.8 Å². The summed E-state index contributed by atoms with van der Waals surface area (Å²) in [6.45, 7) is 0. The number of amides is 2. The van der Waals surface area contributed by atoms with E-state index in [1.165, 1.54) is 18.2 Å². The maximum Gasteiger partial charge on any atom is 0.417 e. The van der Waals surface area contributed by atoms with Crippen LogP contribution in [0, 0.1) is 47.2 Å². The van der Waals surface area contributed by atoms with Crippen LogP contribution in [-0.4, -0.2) is 17.6 Å². The first-order chi connectivity index (χ1) is 17.6. The summed E-state index contributed by atoms with van der Waals surface area (Å²) < 4.78 is 54.9. The zero-order chi connectivity index (χ0) is 26.0. The third-order valence-corrected chi connectivity index (χ3v) is 9.32. The van der Waals surface area contributed by atoms with E-state index in [4.69, 9.17) is 11.6 Å². The second-order valence-electron chi connectivity index (χ2n) is 10.9. The number of anilines is 1. The van der Waals surface area contributed by atoms with Crippen molar-refractivity contribution in [1.29, 1.82) is 0 Å². The molecule has 4 nitrogen and oxygen atoms in total. The molecule has 2 amide bonds. The summed E-state index contributed by atoms with van der Waals surface area (Å²) >= 11 is 5.65. The molecule has 190 valence electrons. The molecule has 1 heterocycles. The van der Waals surface area contributed by atoms with Crippen LogP contribution >= 0.6 is 11.6 Å². The molecule has 5 aliphatic carbocycles. The summed E-state index contributed by atoms with van der Waals surface area (Å²) in [6, 6.07) is 7.28. The summed E-state index contributed by atoms with van der Waals surface area (Å²) in [7, 11) is 0. The Hall–Kier alpha value is -3.00. The Morgan fingerprint density at radius 2 is 1.57 bits per heavy atom. The highest BCUT2D eigenvalue weighted by Gasteiger charge is 2.67. The molecule has 8 atom stereocenters. The minimum atomic E-state index is -4.69. The van der Waals surface area contributed by atoms with Crippen LogP contribution in [0.3, 0.4) is 0 Å². The van der Waals surface area contributed by atoms with Gasteiger partial charge in [0.1, 0.15) is 5.82 Å². The molecule has 0 N–H and O–H groups in total. The van der Waals surface area contributed by atoms with E-state index in [9.17, 15) is 27.6 Å². The van der Waals surface area contributed by atoms with E-state index in [2.05, 4.69) is 12.2 Å². The number of imide groups is 1. The van der Waals surface area contributed by atoms with Crippen LogP contribution in [0.2, 0.25) is 5.02 Å². The molecule has 2 bridgehead atoms. The number of hydrogen-bond acceptors (Lipinski definition) is 3. The van der Waals surface area contributed by atoms with Crippen molar-refractivity contribution in [2.45, 2.75) is 24.9 Å². The predicted octanol–water partition coefficient (Wildman–Crippen LogP) is 6.04. The largest absolute Gasteiger partial charge is 0.417 e. The first kappa shape index (κ1) is 23.1. The first-order valence-electron chi connectivity index (χ1n) is 12.3. The minimum Gasteiger partial charge on any atom is -0.294 e. The lowest BCUT2D eigenvalue weighted by atomic mass is 9.63. The lowest BCUT2D eigenvalue weighted by Gasteiger charge is -2.37. The van der Waals surface area contributed by atoms with Crippen LogP contribution in [0.25, 0.3) is 0 Å². The lowest BCUT2D eigenvalue weighted by Crippen LogP contribution is -2.40. The number of carbonyl (C=O) groups excluding carboxylic acids is 3. The van der Waals surface area contributed by atoms with Crippen molar-refractivity contribution in [3.63, 3.8) is 0 Å². The smallest absolute Gasteiger partial charge is 0.294 e. The number of halogens is 5. The summed E-state index contributed by atoms with van der Waals surface area (Å²) in [5, 5.41) is -0.485. The molecule has 8 rings (SSSR count). The van der Waals surface area contributed by atoms with Gasteiger partial charge in [0.05, 0.1) is 28.1 Å². The van der Waals surface area contributed by atoms with Crippen LogP contribution < -0.4 is 4.90 Å². The highest BCUT2D eigenvalue weighted by molar-refractivity contribution is 6.31. The van der Waals surface area contributed by atoms with Crippen molar-refractivity contribution in [2.24, 2.45) is 41.4 Å². The highest BCUT2D eigenvalue weighted by atomic mass is 35.5. The van der Waals surface area contributed by atoms with E-state index in [0.717, 1.165) is 23.5 Å². The van der Waals surface area contributed by atoms with Crippen LogP contribution in [0.4, 0.5) is 23.2 Å². The normalized spacial score (nSPS) is 35.0. The molecular formula is C28H20ClF4NO3. The van der Waals surface area contributed by atoms with Crippen molar-refractivity contribution in [1.82, 2.24) is 0 Å². The fourth-order valence-corrected chi connectivity index (χ4v) is 7.32. The molecule has 1 saturated heterocycles. The Kier molecular flexibility index (Phi) is 4.71. The standard InChI is InChI=1S/C28H20ClF4NO3/c29-20-5-1-12(7-19(20)28(31,32)33)25(35)18-9-15(18)11-2-6-22(21(30)8-11)34-26(36)23-13-3-4-14(17-10-16(13)17)24(23)27(34)37/h1-8,13-18,23-24H,9-10H2/t13-,14+,15?,16+,17-,18?,23-,24+. The third-order valence-electron chi connectivity index (χ3n) is 8.99. The number of alkyl halides is 3. The number of Topliss-reactive ketones (excluding diaryl/α,β-unsaturated/α-hetero) is 1. The SMILES string of the molecule is O=C(c1ccc(Cl)c(C(F)(F)F)c1)C1CC1c1ccc(N2C(=O)[C@@H]3[C@@H]4C=C[C@@H]([C@H]5C[C@@H]45)[C@@H]3C2=O)c(F)c1. The van der Waals surface area contributed by atoms with Gasteiger partial charge in [0.15, 0.2) is 5.78 Å². The van der Waals surface area contributed by atoms with Gasteiger partial charge in [0, 0.05) is 11.5 Å². The number of ketones is 1. The molecule has 6 aliphatic rings. The van der Waals surface area contributed by atoms with Gasteiger partial charge in [-0.05, 0) is 78.3 Å². The van der Waals surface area contributed by atoms with Gasteiger partial charge in [-0.2, -0.15) is 13.2 Å². The molecule has 4 fully saturated rings. The summed E-state index contributed by atoms with van der Waals surface area (Å²) in [6.07, 6.45) is 0.819. The number of allylic oxidation sites excluding steroid dienone is 2. The number of nitrogens with zero attached hydrogens (tertiary/aromatic N) is 1. The fraction of sp³-hybridized carbons (Fsp3) is 0.393. The van der Waals surface area contributed by atoms with E-state index in [1.54, 1.807) is 6.07 Å². The highest BCUT2D eigenvalue weighted by Crippen LogP contribution is 2.65. The Labute approximate surface area is 214 Å².